The van der Waals surface area contributed by atoms with E-state index in [1.807, 2.05) is 13.0 Å². The van der Waals surface area contributed by atoms with Crippen molar-refractivity contribution in [3.8, 4) is 11.9 Å². The van der Waals surface area contributed by atoms with Crippen molar-refractivity contribution >= 4 is 11.9 Å². The topological polar surface area (TPSA) is 114 Å². The Kier molecular flexibility index (Phi) is 5.36. The molecule has 0 aromatic carbocycles. The third kappa shape index (κ3) is 3.97. The number of nitriles is 1. The van der Waals surface area contributed by atoms with E-state index < -0.39 is 0 Å². The highest BCUT2D eigenvalue weighted by atomic mass is 16.6. The van der Waals surface area contributed by atoms with Crippen LogP contribution in [-0.2, 0) is 4.74 Å². The van der Waals surface area contributed by atoms with Crippen molar-refractivity contribution < 1.29 is 14.3 Å². The van der Waals surface area contributed by atoms with Crippen molar-refractivity contribution in [3.05, 3.63) is 11.9 Å². The molecular weight excluding hydrogens is 286 g/mol. The molecule has 22 heavy (non-hydrogen) atoms. The SMILES string of the molecule is CCCCOC(=O)N1CCC(Oc2nc(N)cnc2C#N)C1. The monoisotopic (exact) mass is 305 g/mol. The average molecular weight is 305 g/mol. The van der Waals surface area contributed by atoms with Crippen molar-refractivity contribution in [1.29, 1.82) is 5.26 Å². The number of carbonyl (C=O) groups is 1. The predicted octanol–water partition coefficient (Wildman–Crippen LogP) is 1.32. The quantitative estimate of drug-likeness (QED) is 0.816. The molecule has 2 heterocycles. The fourth-order valence-electron chi connectivity index (χ4n) is 2.09. The number of hydrogen-bond acceptors (Lipinski definition) is 7. The molecule has 1 aliphatic heterocycles. The molecule has 8 heteroatoms. The smallest absolute Gasteiger partial charge is 0.409 e. The molecule has 2 rings (SSSR count). The maximum absolute atomic E-state index is 11.8. The molecule has 1 unspecified atom stereocenters. The fourth-order valence-corrected chi connectivity index (χ4v) is 2.09. The van der Waals surface area contributed by atoms with Gasteiger partial charge < -0.3 is 20.1 Å². The molecule has 1 aliphatic rings. The number of aromatic nitrogens is 2. The number of nitrogens with zero attached hydrogens (tertiary/aromatic N) is 4. The summed E-state index contributed by atoms with van der Waals surface area (Å²) in [6, 6.07) is 1.91. The lowest BCUT2D eigenvalue weighted by molar-refractivity contribution is 0.103. The molecule has 1 amide bonds. The van der Waals surface area contributed by atoms with Gasteiger partial charge in [0.05, 0.1) is 19.3 Å². The van der Waals surface area contributed by atoms with Gasteiger partial charge in [0.1, 0.15) is 18.0 Å². The Hall–Kier alpha value is -2.56. The van der Waals surface area contributed by atoms with Crippen LogP contribution >= 0.6 is 0 Å². The van der Waals surface area contributed by atoms with E-state index in [1.54, 1.807) is 4.90 Å². The van der Waals surface area contributed by atoms with Crippen LogP contribution in [0.15, 0.2) is 6.20 Å². The molecule has 1 aromatic rings. The van der Waals surface area contributed by atoms with Gasteiger partial charge in [0.25, 0.3) is 5.88 Å². The number of unbranched alkanes of at least 4 members (excludes halogenated alkanes) is 1. The second-order valence-electron chi connectivity index (χ2n) is 5.00. The number of anilines is 1. The first-order valence-corrected chi connectivity index (χ1v) is 7.25. The van der Waals surface area contributed by atoms with Gasteiger partial charge in [-0.3, -0.25) is 0 Å². The molecule has 0 radical (unpaired) electrons. The van der Waals surface area contributed by atoms with Gasteiger partial charge in [-0.2, -0.15) is 10.2 Å². The number of carbonyl (C=O) groups excluding carboxylic acids is 1. The van der Waals surface area contributed by atoms with Gasteiger partial charge in [-0.15, -0.1) is 0 Å². The fraction of sp³-hybridized carbons (Fsp3) is 0.571. The van der Waals surface area contributed by atoms with E-state index in [-0.39, 0.29) is 29.6 Å². The predicted molar refractivity (Wildman–Crippen MR) is 78.0 cm³/mol. The number of nitrogens with two attached hydrogens (primary N) is 1. The Morgan fingerprint density at radius 3 is 3.18 bits per heavy atom. The summed E-state index contributed by atoms with van der Waals surface area (Å²) in [7, 11) is 0. The van der Waals surface area contributed by atoms with Crippen LogP contribution in [0, 0.1) is 11.3 Å². The molecule has 1 aromatic heterocycles. The molecule has 1 saturated heterocycles. The Morgan fingerprint density at radius 1 is 1.64 bits per heavy atom. The van der Waals surface area contributed by atoms with Gasteiger partial charge >= 0.3 is 6.09 Å². The van der Waals surface area contributed by atoms with Gasteiger partial charge in [0, 0.05) is 13.0 Å². The highest BCUT2D eigenvalue weighted by Gasteiger charge is 2.29. The van der Waals surface area contributed by atoms with E-state index in [1.165, 1.54) is 6.20 Å². The molecular formula is C14H19N5O3. The van der Waals surface area contributed by atoms with Crippen LogP contribution in [0.3, 0.4) is 0 Å². The maximum Gasteiger partial charge on any atom is 0.409 e. The third-order valence-corrected chi connectivity index (χ3v) is 3.27. The highest BCUT2D eigenvalue weighted by Crippen LogP contribution is 2.20. The zero-order chi connectivity index (χ0) is 15.9. The van der Waals surface area contributed by atoms with Gasteiger partial charge in [0.2, 0.25) is 5.69 Å². The van der Waals surface area contributed by atoms with Gasteiger partial charge in [0.15, 0.2) is 0 Å². The number of ether oxygens (including phenoxy) is 2. The summed E-state index contributed by atoms with van der Waals surface area (Å²) in [4.78, 5) is 21.3. The minimum atomic E-state index is -0.335. The number of nitrogen functional groups attached to an aromatic ring is 1. The first-order valence-electron chi connectivity index (χ1n) is 7.25. The normalized spacial score (nSPS) is 17.1. The van der Waals surface area contributed by atoms with E-state index in [0.29, 0.717) is 26.1 Å². The minimum absolute atomic E-state index is 0.0816. The largest absolute Gasteiger partial charge is 0.470 e. The minimum Gasteiger partial charge on any atom is -0.470 e. The lowest BCUT2D eigenvalue weighted by atomic mass is 10.3. The van der Waals surface area contributed by atoms with Crippen LogP contribution in [0.25, 0.3) is 0 Å². The molecule has 1 fully saturated rings. The summed E-state index contributed by atoms with van der Waals surface area (Å²) in [5.74, 6) is 0.288. The number of amides is 1. The van der Waals surface area contributed by atoms with Crippen molar-refractivity contribution in [3.63, 3.8) is 0 Å². The standard InChI is InChI=1S/C14H19N5O3/c1-2-3-6-21-14(20)19-5-4-10(9-19)22-13-11(7-15)17-8-12(16)18-13/h8,10H,2-6,9H2,1H3,(H2,16,18). The van der Waals surface area contributed by atoms with Crippen molar-refractivity contribution in [1.82, 2.24) is 14.9 Å². The Morgan fingerprint density at radius 2 is 2.45 bits per heavy atom. The molecule has 0 saturated carbocycles. The number of hydrogen-bond donors (Lipinski definition) is 1. The Labute approximate surface area is 128 Å². The molecule has 8 nitrogen and oxygen atoms in total. The van der Waals surface area contributed by atoms with Gasteiger partial charge in [-0.1, -0.05) is 13.3 Å². The van der Waals surface area contributed by atoms with E-state index >= 15 is 0 Å². The highest BCUT2D eigenvalue weighted by molar-refractivity contribution is 5.68. The maximum atomic E-state index is 11.8. The van der Waals surface area contributed by atoms with Crippen LogP contribution in [0.2, 0.25) is 0 Å². The summed E-state index contributed by atoms with van der Waals surface area (Å²) < 4.78 is 10.8. The molecule has 118 valence electrons. The number of rotatable bonds is 5. The molecule has 0 bridgehead atoms. The first kappa shape index (κ1) is 15.8. The average Bonchev–Trinajstić information content (AvgIpc) is 2.96. The summed E-state index contributed by atoms with van der Waals surface area (Å²) in [5.41, 5.74) is 5.63. The van der Waals surface area contributed by atoms with E-state index in [4.69, 9.17) is 20.5 Å². The van der Waals surface area contributed by atoms with E-state index in [2.05, 4.69) is 9.97 Å². The lowest BCUT2D eigenvalue weighted by Gasteiger charge is -2.17. The third-order valence-electron chi connectivity index (χ3n) is 3.27. The van der Waals surface area contributed by atoms with Crippen LogP contribution in [0.5, 0.6) is 5.88 Å². The molecule has 0 spiro atoms. The van der Waals surface area contributed by atoms with Crippen LogP contribution < -0.4 is 10.5 Å². The van der Waals surface area contributed by atoms with Crippen LogP contribution in [-0.4, -0.2) is 46.8 Å². The van der Waals surface area contributed by atoms with Crippen molar-refractivity contribution in [2.45, 2.75) is 32.3 Å². The van der Waals surface area contributed by atoms with Crippen LogP contribution in [0.4, 0.5) is 10.6 Å². The van der Waals surface area contributed by atoms with E-state index in [0.717, 1.165) is 12.8 Å². The molecule has 2 N–H and O–H groups in total. The zero-order valence-electron chi connectivity index (χ0n) is 12.5. The van der Waals surface area contributed by atoms with Gasteiger partial charge in [-0.25, -0.2) is 9.78 Å². The molecule has 0 aliphatic carbocycles. The Balaban J connectivity index is 1.90. The van der Waals surface area contributed by atoms with Gasteiger partial charge in [-0.05, 0) is 6.42 Å². The first-order chi connectivity index (χ1) is 10.6. The second kappa shape index (κ2) is 7.45. The summed E-state index contributed by atoms with van der Waals surface area (Å²) in [6.07, 6.45) is 3.19. The van der Waals surface area contributed by atoms with Crippen molar-refractivity contribution in [2.24, 2.45) is 0 Å². The lowest BCUT2D eigenvalue weighted by Crippen LogP contribution is -2.31. The number of likely N-dealkylation sites (tertiary alicyclic amines) is 1. The summed E-state index contributed by atoms with van der Waals surface area (Å²) in [6.45, 7) is 3.41. The van der Waals surface area contributed by atoms with Crippen LogP contribution in [0.1, 0.15) is 31.9 Å². The Bertz CT molecular complexity index is 572. The summed E-state index contributed by atoms with van der Waals surface area (Å²) in [5, 5.41) is 8.99. The second-order valence-corrected chi connectivity index (χ2v) is 5.00. The van der Waals surface area contributed by atoms with E-state index in [9.17, 15) is 4.79 Å². The summed E-state index contributed by atoms with van der Waals surface area (Å²) >= 11 is 0. The molecule has 1 atom stereocenters. The van der Waals surface area contributed by atoms with Crippen molar-refractivity contribution in [2.75, 3.05) is 25.4 Å². The zero-order valence-corrected chi connectivity index (χ0v) is 12.5.